The number of carbonyl (C=O) groups excluding carboxylic acids is 1. The normalized spacial score (nSPS) is 11.7. The average Bonchev–Trinajstić information content (AvgIpc) is 3.30. The number of aromatic nitrogens is 1. The number of hydrogen-bond donors (Lipinski definition) is 0. The van der Waals surface area contributed by atoms with Crippen LogP contribution in [0.25, 0.3) is 11.3 Å². The molecule has 3 aromatic carbocycles. The molecule has 4 aromatic rings. The molecule has 0 aliphatic heterocycles. The van der Waals surface area contributed by atoms with E-state index in [1.165, 1.54) is 23.5 Å². The summed E-state index contributed by atoms with van der Waals surface area (Å²) in [6.45, 7) is 4.00. The second-order valence-electron chi connectivity index (χ2n) is 7.70. The number of nitro groups is 1. The number of nitro benzene ring substituents is 1. The van der Waals surface area contributed by atoms with Crippen molar-refractivity contribution in [3.8, 4) is 11.3 Å². The van der Waals surface area contributed by atoms with Crippen molar-refractivity contribution in [2.75, 3.05) is 4.90 Å². The minimum absolute atomic E-state index is 0.0272. The largest absolute Gasteiger partial charge is 0.273 e. The van der Waals surface area contributed by atoms with E-state index in [1.807, 2.05) is 73.8 Å². The van der Waals surface area contributed by atoms with Gasteiger partial charge < -0.3 is 0 Å². The first-order valence-electron chi connectivity index (χ1n) is 10.6. The highest BCUT2D eigenvalue weighted by atomic mass is 32.1. The Kier molecular flexibility index (Phi) is 6.60. The highest BCUT2D eigenvalue weighted by molar-refractivity contribution is 7.14. The molecule has 1 aromatic heterocycles. The van der Waals surface area contributed by atoms with Crippen LogP contribution in [-0.2, 0) is 4.79 Å². The van der Waals surface area contributed by atoms with Gasteiger partial charge in [0.15, 0.2) is 5.13 Å². The molecule has 166 valence electrons. The third kappa shape index (κ3) is 4.83. The zero-order chi connectivity index (χ0) is 23.4. The molecule has 0 radical (unpaired) electrons. The molecule has 0 aliphatic rings. The van der Waals surface area contributed by atoms with Crippen molar-refractivity contribution in [1.29, 1.82) is 0 Å². The number of rotatable bonds is 7. The van der Waals surface area contributed by atoms with E-state index in [0.29, 0.717) is 17.2 Å². The molecule has 6 nitrogen and oxygen atoms in total. The molecule has 1 amide bonds. The molecular weight excluding hydrogens is 434 g/mol. The standard InChI is InChI=1S/C26H23N3O3S/c1-3-23(19-9-5-4-6-10-19)25(30)28(22-11-7-8-18(2)16-22)26-27-24(17-33-26)20-12-14-21(15-13-20)29(31)32/h4-17,23H,3H2,1-2H3. The van der Waals surface area contributed by atoms with E-state index in [2.05, 4.69) is 0 Å². The summed E-state index contributed by atoms with van der Waals surface area (Å²) in [6, 6.07) is 23.9. The second-order valence-corrected chi connectivity index (χ2v) is 8.54. The van der Waals surface area contributed by atoms with Crippen molar-refractivity contribution in [1.82, 2.24) is 4.98 Å². The van der Waals surface area contributed by atoms with Crippen LogP contribution >= 0.6 is 11.3 Å². The van der Waals surface area contributed by atoms with E-state index in [4.69, 9.17) is 4.98 Å². The zero-order valence-corrected chi connectivity index (χ0v) is 19.2. The number of hydrogen-bond acceptors (Lipinski definition) is 5. The third-order valence-corrected chi connectivity index (χ3v) is 6.27. The molecule has 0 spiro atoms. The Morgan fingerprint density at radius 1 is 1.06 bits per heavy atom. The highest BCUT2D eigenvalue weighted by Gasteiger charge is 2.29. The summed E-state index contributed by atoms with van der Waals surface area (Å²) in [5, 5.41) is 13.4. The molecule has 0 fully saturated rings. The topological polar surface area (TPSA) is 76.3 Å². The fraction of sp³-hybridized carbons (Fsp3) is 0.154. The quantitative estimate of drug-likeness (QED) is 0.224. The lowest BCUT2D eigenvalue weighted by Crippen LogP contribution is -2.31. The summed E-state index contributed by atoms with van der Waals surface area (Å²) < 4.78 is 0. The Bertz CT molecular complexity index is 1270. The van der Waals surface area contributed by atoms with E-state index in [9.17, 15) is 14.9 Å². The van der Waals surface area contributed by atoms with E-state index in [0.717, 1.165) is 22.4 Å². The fourth-order valence-electron chi connectivity index (χ4n) is 3.75. The maximum Gasteiger partial charge on any atom is 0.269 e. The fourth-order valence-corrected chi connectivity index (χ4v) is 4.60. The number of benzene rings is 3. The van der Waals surface area contributed by atoms with Crippen LogP contribution < -0.4 is 4.90 Å². The molecule has 0 bridgehead atoms. The van der Waals surface area contributed by atoms with Crippen molar-refractivity contribution in [2.24, 2.45) is 0 Å². The second kappa shape index (κ2) is 9.75. The molecule has 33 heavy (non-hydrogen) atoms. The lowest BCUT2D eigenvalue weighted by Gasteiger charge is -2.25. The lowest BCUT2D eigenvalue weighted by atomic mass is 9.95. The van der Waals surface area contributed by atoms with Gasteiger partial charge in [-0.1, -0.05) is 49.4 Å². The van der Waals surface area contributed by atoms with Crippen molar-refractivity contribution < 1.29 is 9.72 Å². The third-order valence-electron chi connectivity index (χ3n) is 5.45. The Balaban J connectivity index is 1.75. The number of aryl methyl sites for hydroxylation is 1. The number of non-ortho nitro benzene ring substituents is 1. The van der Waals surface area contributed by atoms with E-state index >= 15 is 0 Å². The monoisotopic (exact) mass is 457 g/mol. The van der Waals surface area contributed by atoms with E-state index < -0.39 is 4.92 Å². The Labute approximate surface area is 196 Å². The zero-order valence-electron chi connectivity index (χ0n) is 18.3. The molecule has 0 N–H and O–H groups in total. The summed E-state index contributed by atoms with van der Waals surface area (Å²) in [5.74, 6) is -0.350. The van der Waals surface area contributed by atoms with E-state index in [1.54, 1.807) is 17.0 Å². The van der Waals surface area contributed by atoms with Gasteiger partial charge in [0.2, 0.25) is 5.91 Å². The molecule has 1 heterocycles. The Hall–Kier alpha value is -3.84. The van der Waals surface area contributed by atoms with Crippen LogP contribution in [0, 0.1) is 17.0 Å². The molecule has 0 aliphatic carbocycles. The van der Waals surface area contributed by atoms with Crippen molar-refractivity contribution in [2.45, 2.75) is 26.2 Å². The van der Waals surface area contributed by atoms with Gasteiger partial charge in [0, 0.05) is 23.1 Å². The van der Waals surface area contributed by atoms with Crippen LogP contribution in [-0.4, -0.2) is 15.8 Å². The molecule has 4 rings (SSSR count). The Morgan fingerprint density at radius 3 is 2.42 bits per heavy atom. The van der Waals surface area contributed by atoms with E-state index in [-0.39, 0.29) is 17.5 Å². The summed E-state index contributed by atoms with van der Waals surface area (Å²) in [6.07, 6.45) is 0.658. The van der Waals surface area contributed by atoms with Gasteiger partial charge in [0.05, 0.1) is 22.2 Å². The van der Waals surface area contributed by atoms with Gasteiger partial charge in [-0.05, 0) is 48.7 Å². The predicted octanol–water partition coefficient (Wildman–Crippen LogP) is 6.89. The SMILES string of the molecule is CCC(C(=O)N(c1cccc(C)c1)c1nc(-c2ccc([N+](=O)[O-])cc2)cs1)c1ccccc1. The van der Waals surface area contributed by atoms with Crippen LogP contribution in [0.5, 0.6) is 0 Å². The number of anilines is 2. The summed E-state index contributed by atoms with van der Waals surface area (Å²) in [7, 11) is 0. The first-order chi connectivity index (χ1) is 16.0. The first kappa shape index (κ1) is 22.4. The first-order valence-corrected chi connectivity index (χ1v) is 11.5. The highest BCUT2D eigenvalue weighted by Crippen LogP contribution is 2.36. The maximum atomic E-state index is 13.9. The van der Waals surface area contributed by atoms with Gasteiger partial charge >= 0.3 is 0 Å². The van der Waals surface area contributed by atoms with Crippen LogP contribution in [0.2, 0.25) is 0 Å². The number of nitrogens with zero attached hydrogens (tertiary/aromatic N) is 3. The van der Waals surface area contributed by atoms with Crippen molar-refractivity contribution in [3.05, 3.63) is 105 Å². The van der Waals surface area contributed by atoms with Crippen molar-refractivity contribution in [3.63, 3.8) is 0 Å². The minimum atomic E-state index is -0.428. The Morgan fingerprint density at radius 2 is 1.79 bits per heavy atom. The van der Waals surface area contributed by atoms with Gasteiger partial charge in [0.25, 0.3) is 5.69 Å². The summed E-state index contributed by atoms with van der Waals surface area (Å²) >= 11 is 1.38. The average molecular weight is 458 g/mol. The number of carbonyl (C=O) groups is 1. The summed E-state index contributed by atoms with van der Waals surface area (Å²) in [4.78, 5) is 30.8. The maximum absolute atomic E-state index is 13.9. The summed E-state index contributed by atoms with van der Waals surface area (Å²) in [5.41, 5.74) is 4.23. The van der Waals surface area contributed by atoms with Crippen LogP contribution in [0.3, 0.4) is 0 Å². The number of amides is 1. The van der Waals surface area contributed by atoms with Crippen LogP contribution in [0.4, 0.5) is 16.5 Å². The molecule has 1 unspecified atom stereocenters. The smallest absolute Gasteiger partial charge is 0.269 e. The molecule has 0 saturated carbocycles. The van der Waals surface area contributed by atoms with Crippen molar-refractivity contribution >= 4 is 33.8 Å². The van der Waals surface area contributed by atoms with Gasteiger partial charge in [0.1, 0.15) is 0 Å². The van der Waals surface area contributed by atoms with Gasteiger partial charge in [-0.2, -0.15) is 0 Å². The number of thiazole rings is 1. The molecular formula is C26H23N3O3S. The van der Waals surface area contributed by atoms with Gasteiger partial charge in [-0.3, -0.25) is 19.8 Å². The molecule has 7 heteroatoms. The molecule has 0 saturated heterocycles. The van der Waals surface area contributed by atoms with Gasteiger partial charge in [-0.25, -0.2) is 4.98 Å². The van der Waals surface area contributed by atoms with Gasteiger partial charge in [-0.15, -0.1) is 11.3 Å². The minimum Gasteiger partial charge on any atom is -0.273 e. The van der Waals surface area contributed by atoms with Crippen LogP contribution in [0.15, 0.2) is 84.2 Å². The van der Waals surface area contributed by atoms with Crippen LogP contribution in [0.1, 0.15) is 30.4 Å². The molecule has 1 atom stereocenters. The predicted molar refractivity (Wildman–Crippen MR) is 132 cm³/mol. The lowest BCUT2D eigenvalue weighted by molar-refractivity contribution is -0.384.